The zero-order chi connectivity index (χ0) is 12.2. The Morgan fingerprint density at radius 2 is 1.75 bits per heavy atom. The van der Waals surface area contributed by atoms with Crippen molar-refractivity contribution in [1.29, 1.82) is 0 Å². The molecule has 1 aromatic carbocycles. The van der Waals surface area contributed by atoms with Gasteiger partial charge in [-0.2, -0.15) is 0 Å². The van der Waals surface area contributed by atoms with Gasteiger partial charge in [0, 0.05) is 32.8 Å². The van der Waals surface area contributed by atoms with Gasteiger partial charge in [0.25, 0.3) is 5.69 Å². The fraction of sp³-hybridized carbons (Fsp3) is 0.455. The minimum Gasteiger partial charge on any atom is -0.353 e. The zero-order valence-corrected chi connectivity index (χ0v) is 9.60. The number of ether oxygens (including phenoxy) is 2. The van der Waals surface area contributed by atoms with Gasteiger partial charge in [0.2, 0.25) is 0 Å². The Kier molecular flexibility index (Phi) is 3.98. The van der Waals surface area contributed by atoms with Crippen LogP contribution in [0.3, 0.4) is 0 Å². The summed E-state index contributed by atoms with van der Waals surface area (Å²) in [6.45, 7) is 1.81. The Labute approximate surface area is 94.1 Å². The molecule has 0 aliphatic carbocycles. The highest BCUT2D eigenvalue weighted by molar-refractivity contribution is 5.33. The predicted molar refractivity (Wildman–Crippen MR) is 59.2 cm³/mol. The lowest BCUT2D eigenvalue weighted by atomic mass is 10.1. The summed E-state index contributed by atoms with van der Waals surface area (Å²) in [7, 11) is 3.13. The van der Waals surface area contributed by atoms with Crippen molar-refractivity contribution in [1.82, 2.24) is 0 Å². The number of non-ortho nitro benzene ring substituents is 1. The van der Waals surface area contributed by atoms with Crippen LogP contribution >= 0.6 is 0 Å². The minimum absolute atomic E-state index is 0.0836. The molecule has 0 amide bonds. The van der Waals surface area contributed by atoms with E-state index in [0.717, 1.165) is 5.56 Å². The van der Waals surface area contributed by atoms with Crippen LogP contribution in [0.4, 0.5) is 5.69 Å². The van der Waals surface area contributed by atoms with Gasteiger partial charge in [0.1, 0.15) is 0 Å². The molecule has 0 bridgehead atoms. The first-order valence-electron chi connectivity index (χ1n) is 4.84. The molecule has 0 fully saturated rings. The fourth-order valence-electron chi connectivity index (χ4n) is 1.33. The summed E-state index contributed by atoms with van der Waals surface area (Å²) < 4.78 is 10.4. The number of hydrogen-bond donors (Lipinski definition) is 0. The average molecular weight is 225 g/mol. The highest BCUT2D eigenvalue weighted by Crippen LogP contribution is 2.19. The number of methoxy groups -OCH3 is 2. The van der Waals surface area contributed by atoms with Crippen molar-refractivity contribution < 1.29 is 14.4 Å². The van der Waals surface area contributed by atoms with Crippen molar-refractivity contribution in [3.05, 3.63) is 39.9 Å². The van der Waals surface area contributed by atoms with E-state index in [2.05, 4.69) is 0 Å². The summed E-state index contributed by atoms with van der Waals surface area (Å²) in [6, 6.07) is 6.35. The van der Waals surface area contributed by atoms with Gasteiger partial charge in [-0.25, -0.2) is 0 Å². The largest absolute Gasteiger partial charge is 0.353 e. The lowest BCUT2D eigenvalue weighted by Gasteiger charge is -2.26. The topological polar surface area (TPSA) is 61.6 Å². The highest BCUT2D eigenvalue weighted by Gasteiger charge is 2.23. The maximum Gasteiger partial charge on any atom is 0.269 e. The van der Waals surface area contributed by atoms with Crippen LogP contribution in [0, 0.1) is 10.1 Å². The van der Waals surface area contributed by atoms with E-state index in [-0.39, 0.29) is 5.69 Å². The molecular weight excluding hydrogens is 210 g/mol. The first-order chi connectivity index (χ1) is 7.50. The molecule has 1 rings (SSSR count). The maximum atomic E-state index is 10.5. The fourth-order valence-corrected chi connectivity index (χ4v) is 1.33. The monoisotopic (exact) mass is 225 g/mol. The Bertz CT molecular complexity index is 357. The smallest absolute Gasteiger partial charge is 0.269 e. The van der Waals surface area contributed by atoms with Crippen LogP contribution in [-0.4, -0.2) is 24.9 Å². The van der Waals surface area contributed by atoms with Crippen LogP contribution in [0.15, 0.2) is 24.3 Å². The molecule has 0 aliphatic rings. The SMILES string of the molecule is COC(C)(Cc1ccc([N+](=O)[O-])cc1)OC. The van der Waals surface area contributed by atoms with Crippen molar-refractivity contribution in [3.8, 4) is 0 Å². The van der Waals surface area contributed by atoms with Crippen molar-refractivity contribution in [2.24, 2.45) is 0 Å². The molecule has 1 aromatic rings. The summed E-state index contributed by atoms with van der Waals surface area (Å²) in [5, 5.41) is 10.5. The summed E-state index contributed by atoms with van der Waals surface area (Å²) in [6.07, 6.45) is 0.540. The van der Waals surface area contributed by atoms with Crippen LogP contribution in [0.25, 0.3) is 0 Å². The first-order valence-corrected chi connectivity index (χ1v) is 4.84. The molecule has 0 atom stereocenters. The van der Waals surface area contributed by atoms with Gasteiger partial charge in [0.05, 0.1) is 4.92 Å². The van der Waals surface area contributed by atoms with Crippen molar-refractivity contribution >= 4 is 5.69 Å². The standard InChI is InChI=1S/C11H15NO4/c1-11(15-2,16-3)8-9-4-6-10(7-5-9)12(13)14/h4-7H,8H2,1-3H3. The third-order valence-electron chi connectivity index (χ3n) is 2.54. The van der Waals surface area contributed by atoms with E-state index in [4.69, 9.17) is 9.47 Å². The van der Waals surface area contributed by atoms with Gasteiger partial charge in [-0.15, -0.1) is 0 Å². The second kappa shape index (κ2) is 5.05. The quantitative estimate of drug-likeness (QED) is 0.437. The van der Waals surface area contributed by atoms with E-state index in [9.17, 15) is 10.1 Å². The molecule has 0 heterocycles. The number of nitro groups is 1. The maximum absolute atomic E-state index is 10.5. The van der Waals surface area contributed by atoms with Gasteiger partial charge >= 0.3 is 0 Å². The van der Waals surface area contributed by atoms with Crippen LogP contribution in [0.1, 0.15) is 12.5 Å². The zero-order valence-electron chi connectivity index (χ0n) is 9.60. The predicted octanol–water partition coefficient (Wildman–Crippen LogP) is 2.15. The molecule has 0 aliphatic heterocycles. The third-order valence-corrected chi connectivity index (χ3v) is 2.54. The van der Waals surface area contributed by atoms with Crippen LogP contribution in [-0.2, 0) is 15.9 Å². The summed E-state index contributed by atoms with van der Waals surface area (Å²) in [5.41, 5.74) is 1.01. The normalized spacial score (nSPS) is 11.4. The highest BCUT2D eigenvalue weighted by atomic mass is 16.7. The lowest BCUT2D eigenvalue weighted by molar-refractivity contribution is -0.384. The van der Waals surface area contributed by atoms with E-state index < -0.39 is 10.7 Å². The molecular formula is C11H15NO4. The van der Waals surface area contributed by atoms with Crippen LogP contribution in [0.2, 0.25) is 0 Å². The number of nitrogens with zero attached hydrogens (tertiary/aromatic N) is 1. The molecule has 5 nitrogen and oxygen atoms in total. The Balaban J connectivity index is 2.79. The van der Waals surface area contributed by atoms with Gasteiger partial charge in [-0.05, 0) is 12.5 Å². The number of benzene rings is 1. The van der Waals surface area contributed by atoms with Crippen molar-refractivity contribution in [3.63, 3.8) is 0 Å². The molecule has 0 N–H and O–H groups in total. The first kappa shape index (κ1) is 12.6. The van der Waals surface area contributed by atoms with Gasteiger partial charge < -0.3 is 9.47 Å². The van der Waals surface area contributed by atoms with Crippen LogP contribution < -0.4 is 0 Å². The molecule has 0 saturated carbocycles. The van der Waals surface area contributed by atoms with Gasteiger partial charge in [0.15, 0.2) is 5.79 Å². The molecule has 16 heavy (non-hydrogen) atoms. The second-order valence-corrected chi connectivity index (χ2v) is 3.64. The molecule has 0 spiro atoms. The van der Waals surface area contributed by atoms with Gasteiger partial charge in [-0.3, -0.25) is 10.1 Å². The summed E-state index contributed by atoms with van der Waals surface area (Å²) in [4.78, 5) is 10.0. The molecule has 0 unspecified atom stereocenters. The Morgan fingerprint density at radius 1 is 1.25 bits per heavy atom. The molecule has 0 saturated heterocycles. The number of hydrogen-bond acceptors (Lipinski definition) is 4. The Morgan fingerprint density at radius 3 is 2.12 bits per heavy atom. The number of nitro benzene ring substituents is 1. The molecule has 0 radical (unpaired) electrons. The van der Waals surface area contributed by atoms with E-state index in [1.807, 2.05) is 6.92 Å². The van der Waals surface area contributed by atoms with Gasteiger partial charge in [-0.1, -0.05) is 12.1 Å². The minimum atomic E-state index is -0.698. The van der Waals surface area contributed by atoms with Crippen molar-refractivity contribution in [2.45, 2.75) is 19.1 Å². The van der Waals surface area contributed by atoms with Crippen molar-refractivity contribution in [2.75, 3.05) is 14.2 Å². The molecule has 88 valence electrons. The number of rotatable bonds is 5. The summed E-state index contributed by atoms with van der Waals surface area (Å²) in [5.74, 6) is -0.698. The van der Waals surface area contributed by atoms with Crippen LogP contribution in [0.5, 0.6) is 0 Å². The third kappa shape index (κ3) is 3.01. The Hall–Kier alpha value is -1.46. The average Bonchev–Trinajstić information content (AvgIpc) is 2.29. The summed E-state index contributed by atoms with van der Waals surface area (Å²) >= 11 is 0. The molecule has 5 heteroatoms. The van der Waals surface area contributed by atoms with E-state index in [0.29, 0.717) is 6.42 Å². The van der Waals surface area contributed by atoms with E-state index >= 15 is 0 Å². The van der Waals surface area contributed by atoms with E-state index in [1.165, 1.54) is 12.1 Å². The molecule has 0 aromatic heterocycles. The lowest BCUT2D eigenvalue weighted by Crippen LogP contribution is -2.32. The second-order valence-electron chi connectivity index (χ2n) is 3.64. The van der Waals surface area contributed by atoms with E-state index in [1.54, 1.807) is 26.4 Å².